The SMILES string of the molecule is O=C1NC(=O)C(=Cc2ccnc(N[C@H]3CCCN(CC4CCCNC4)C3)n2)S1. The summed E-state index contributed by atoms with van der Waals surface area (Å²) in [5.74, 6) is 0.940. The summed E-state index contributed by atoms with van der Waals surface area (Å²) in [6.07, 6.45) is 8.16. The molecule has 1 aromatic rings. The van der Waals surface area contributed by atoms with E-state index in [2.05, 4.69) is 30.8 Å². The minimum absolute atomic E-state index is 0.318. The number of carbonyl (C=O) groups is 2. The van der Waals surface area contributed by atoms with Crippen LogP contribution in [0.2, 0.25) is 0 Å². The minimum Gasteiger partial charge on any atom is -0.350 e. The Balaban J connectivity index is 1.35. The number of hydrogen-bond acceptors (Lipinski definition) is 8. The van der Waals surface area contributed by atoms with Gasteiger partial charge in [0.25, 0.3) is 11.1 Å². The fourth-order valence-electron chi connectivity index (χ4n) is 4.04. The van der Waals surface area contributed by atoms with Crippen LogP contribution in [0.4, 0.5) is 10.7 Å². The smallest absolute Gasteiger partial charge is 0.290 e. The topological polar surface area (TPSA) is 99.2 Å². The highest BCUT2D eigenvalue weighted by Crippen LogP contribution is 2.25. The molecule has 3 N–H and O–H groups in total. The first-order valence-electron chi connectivity index (χ1n) is 9.93. The second kappa shape index (κ2) is 9.02. The van der Waals surface area contributed by atoms with Crippen molar-refractivity contribution < 1.29 is 9.59 Å². The molecule has 28 heavy (non-hydrogen) atoms. The van der Waals surface area contributed by atoms with Crippen LogP contribution in [0.25, 0.3) is 6.08 Å². The number of rotatable bonds is 5. The number of aromatic nitrogens is 2. The number of hydrogen-bond donors (Lipinski definition) is 3. The predicted molar refractivity (Wildman–Crippen MR) is 110 cm³/mol. The maximum absolute atomic E-state index is 11.7. The molecular formula is C19H26N6O2S. The molecule has 8 nitrogen and oxygen atoms in total. The molecule has 3 saturated heterocycles. The summed E-state index contributed by atoms with van der Waals surface area (Å²) in [4.78, 5) is 34.7. The molecule has 1 unspecified atom stereocenters. The average Bonchev–Trinajstić information content (AvgIpc) is 3.00. The molecule has 1 aromatic heterocycles. The largest absolute Gasteiger partial charge is 0.350 e. The zero-order valence-corrected chi connectivity index (χ0v) is 16.6. The fourth-order valence-corrected chi connectivity index (χ4v) is 4.71. The maximum Gasteiger partial charge on any atom is 0.290 e. The summed E-state index contributed by atoms with van der Waals surface area (Å²) < 4.78 is 0. The number of amides is 2. The van der Waals surface area contributed by atoms with Crippen LogP contribution in [-0.2, 0) is 4.79 Å². The second-order valence-electron chi connectivity index (χ2n) is 7.61. The molecule has 0 bridgehead atoms. The van der Waals surface area contributed by atoms with Crippen LogP contribution in [0.5, 0.6) is 0 Å². The van der Waals surface area contributed by atoms with Crippen LogP contribution in [0.15, 0.2) is 17.2 Å². The van der Waals surface area contributed by atoms with Gasteiger partial charge in [0.2, 0.25) is 5.95 Å². The second-order valence-corrected chi connectivity index (χ2v) is 8.63. The van der Waals surface area contributed by atoms with E-state index in [1.54, 1.807) is 18.3 Å². The highest BCUT2D eigenvalue weighted by Gasteiger charge is 2.26. The molecule has 0 aliphatic carbocycles. The van der Waals surface area contributed by atoms with E-state index in [1.807, 2.05) is 0 Å². The molecule has 2 amide bonds. The van der Waals surface area contributed by atoms with Crippen molar-refractivity contribution in [1.82, 2.24) is 25.5 Å². The summed E-state index contributed by atoms with van der Waals surface area (Å²) in [6, 6.07) is 2.05. The third kappa shape index (κ3) is 5.09. The van der Waals surface area contributed by atoms with Gasteiger partial charge in [-0.25, -0.2) is 9.97 Å². The number of nitrogens with zero attached hydrogens (tertiary/aromatic N) is 3. The first kappa shape index (κ1) is 19.4. The highest BCUT2D eigenvalue weighted by atomic mass is 32.2. The van der Waals surface area contributed by atoms with Gasteiger partial charge in [-0.05, 0) is 75.1 Å². The van der Waals surface area contributed by atoms with E-state index >= 15 is 0 Å². The van der Waals surface area contributed by atoms with Gasteiger partial charge >= 0.3 is 0 Å². The lowest BCUT2D eigenvalue weighted by Crippen LogP contribution is -2.46. The first-order valence-corrected chi connectivity index (χ1v) is 10.7. The van der Waals surface area contributed by atoms with Crippen LogP contribution in [0, 0.1) is 5.92 Å². The molecule has 4 rings (SSSR count). The molecular weight excluding hydrogens is 376 g/mol. The van der Waals surface area contributed by atoms with E-state index in [1.165, 1.54) is 19.3 Å². The van der Waals surface area contributed by atoms with Gasteiger partial charge in [-0.1, -0.05) is 0 Å². The molecule has 0 spiro atoms. The molecule has 9 heteroatoms. The van der Waals surface area contributed by atoms with E-state index in [-0.39, 0.29) is 11.1 Å². The van der Waals surface area contributed by atoms with Crippen molar-refractivity contribution in [3.05, 3.63) is 22.9 Å². The molecule has 0 radical (unpaired) electrons. The number of imide groups is 1. The minimum atomic E-state index is -0.372. The molecule has 150 valence electrons. The lowest BCUT2D eigenvalue weighted by atomic mass is 9.97. The Labute approximate surface area is 168 Å². The zero-order chi connectivity index (χ0) is 19.3. The van der Waals surface area contributed by atoms with Gasteiger partial charge in [0, 0.05) is 25.3 Å². The summed E-state index contributed by atoms with van der Waals surface area (Å²) in [6.45, 7) is 5.58. The number of anilines is 1. The monoisotopic (exact) mass is 402 g/mol. The molecule has 0 saturated carbocycles. The molecule has 3 fully saturated rings. The van der Waals surface area contributed by atoms with Crippen molar-refractivity contribution in [2.75, 3.05) is 38.0 Å². The Morgan fingerprint density at radius 1 is 1.32 bits per heavy atom. The fraction of sp³-hybridized carbons (Fsp3) is 0.579. The van der Waals surface area contributed by atoms with Gasteiger partial charge in [-0.15, -0.1) is 0 Å². The Morgan fingerprint density at radius 3 is 3.04 bits per heavy atom. The Morgan fingerprint density at radius 2 is 2.25 bits per heavy atom. The maximum atomic E-state index is 11.7. The summed E-state index contributed by atoms with van der Waals surface area (Å²) in [5.41, 5.74) is 0.616. The van der Waals surface area contributed by atoms with Crippen molar-refractivity contribution >= 4 is 34.9 Å². The standard InChI is InChI=1S/C19H26N6O2S/c26-17-16(28-19(27)24-17)9-14-5-7-21-18(22-14)23-15-4-2-8-25(12-15)11-13-3-1-6-20-10-13/h5,7,9,13,15,20H,1-4,6,8,10-12H2,(H,21,22,23)(H,24,26,27)/t13?,15-/m0/s1. The van der Waals surface area contributed by atoms with E-state index in [9.17, 15) is 9.59 Å². The van der Waals surface area contributed by atoms with Gasteiger partial charge in [-0.3, -0.25) is 14.9 Å². The van der Waals surface area contributed by atoms with Crippen LogP contribution in [0.3, 0.4) is 0 Å². The molecule has 2 atom stereocenters. The van der Waals surface area contributed by atoms with Crippen molar-refractivity contribution in [3.8, 4) is 0 Å². The quantitative estimate of drug-likeness (QED) is 0.640. The van der Waals surface area contributed by atoms with Crippen LogP contribution < -0.4 is 16.0 Å². The van der Waals surface area contributed by atoms with Gasteiger partial charge < -0.3 is 15.5 Å². The number of carbonyl (C=O) groups excluding carboxylic acids is 2. The van der Waals surface area contributed by atoms with Crippen LogP contribution >= 0.6 is 11.8 Å². The van der Waals surface area contributed by atoms with Crippen molar-refractivity contribution in [2.24, 2.45) is 5.92 Å². The van der Waals surface area contributed by atoms with Gasteiger partial charge in [0.1, 0.15) is 0 Å². The van der Waals surface area contributed by atoms with E-state index in [0.29, 0.717) is 22.6 Å². The van der Waals surface area contributed by atoms with E-state index in [4.69, 9.17) is 0 Å². The summed E-state index contributed by atoms with van der Waals surface area (Å²) in [5, 5.41) is 8.85. The number of thioether (sulfide) groups is 1. The van der Waals surface area contributed by atoms with Crippen molar-refractivity contribution in [1.29, 1.82) is 0 Å². The predicted octanol–water partition coefficient (Wildman–Crippen LogP) is 1.68. The van der Waals surface area contributed by atoms with Gasteiger partial charge in [0.15, 0.2) is 0 Å². The lowest BCUT2D eigenvalue weighted by Gasteiger charge is -2.36. The highest BCUT2D eigenvalue weighted by molar-refractivity contribution is 8.18. The summed E-state index contributed by atoms with van der Waals surface area (Å²) in [7, 11) is 0. The Bertz CT molecular complexity index is 765. The van der Waals surface area contributed by atoms with Crippen molar-refractivity contribution in [3.63, 3.8) is 0 Å². The van der Waals surface area contributed by atoms with Crippen LogP contribution in [0.1, 0.15) is 31.4 Å². The molecule has 3 aliphatic heterocycles. The third-order valence-electron chi connectivity index (χ3n) is 5.35. The molecule has 3 aliphatic rings. The van der Waals surface area contributed by atoms with Gasteiger partial charge in [-0.2, -0.15) is 0 Å². The Hall–Kier alpha value is -1.97. The van der Waals surface area contributed by atoms with E-state index < -0.39 is 0 Å². The number of likely N-dealkylation sites (tertiary alicyclic amines) is 1. The molecule has 0 aromatic carbocycles. The lowest BCUT2D eigenvalue weighted by molar-refractivity contribution is -0.115. The zero-order valence-electron chi connectivity index (χ0n) is 15.8. The number of piperidine rings is 2. The third-order valence-corrected chi connectivity index (χ3v) is 6.16. The average molecular weight is 403 g/mol. The normalized spacial score (nSPS) is 27.8. The van der Waals surface area contributed by atoms with Gasteiger partial charge in [0.05, 0.1) is 10.6 Å². The number of nitrogens with one attached hydrogen (secondary N) is 3. The molecule has 4 heterocycles. The van der Waals surface area contributed by atoms with Crippen molar-refractivity contribution in [2.45, 2.75) is 31.7 Å². The van der Waals surface area contributed by atoms with E-state index in [0.717, 1.165) is 56.8 Å². The van der Waals surface area contributed by atoms with Crippen LogP contribution in [-0.4, -0.2) is 64.8 Å². The first-order chi connectivity index (χ1) is 13.7. The summed E-state index contributed by atoms with van der Waals surface area (Å²) >= 11 is 0.896. The Kier molecular flexibility index (Phi) is 6.23.